The molecule has 14 heteroatoms. The third-order valence-corrected chi connectivity index (χ3v) is 24.6. The van der Waals surface area contributed by atoms with Crippen LogP contribution in [-0.4, -0.2) is 53.7 Å². The molecule has 24 rings (SSSR count). The second-order valence-electron chi connectivity index (χ2n) is 34.0. The van der Waals surface area contributed by atoms with Gasteiger partial charge >= 0.3 is 39.0 Å². The maximum Gasteiger partial charge on any atom is 3.00 e. The molecular weight excluding hydrogens is 1950 g/mol. The SMILES string of the molecule is Cc1nn(-c2[c-]cccc2)c(C)c1-c1ccc(-c2ccccc2)cc1.Cc1nn(-c2[c-]cccc2)c(C)c1-c1ccc(-c2ccccc2)cc1.Cn1c(-c2ccc(-c3ccccc3)cc2)cnc1-c1[c-]cccc1.[Rh+3].[Rh+3].[c-]1ccccc1-c1ncc(-c2ccc(-c3ccccc3)cc2)o1.[c-]1ccccc1-n1cc(-c2ccc(-c3ccccc3)cc2)cn1.[c-]1ccccc1-n1cc(-c2ccc(-c3ccccc3)cc2)cn1. The van der Waals surface area contributed by atoms with Crippen molar-refractivity contribution in [1.82, 2.24) is 53.7 Å². The van der Waals surface area contributed by atoms with Crippen molar-refractivity contribution in [2.45, 2.75) is 27.7 Å². The molecule has 0 saturated heterocycles. The molecule has 702 valence electrons. The fourth-order valence-electron chi connectivity index (χ4n) is 17.2. The van der Waals surface area contributed by atoms with Crippen molar-refractivity contribution >= 4 is 0 Å². The third-order valence-electron chi connectivity index (χ3n) is 24.6. The number of imidazole rings is 1. The molecule has 12 nitrogen and oxygen atoms in total. The van der Waals surface area contributed by atoms with Crippen LogP contribution in [-0.2, 0) is 46.0 Å². The van der Waals surface area contributed by atoms with Gasteiger partial charge in [-0.15, -0.1) is 90.5 Å². The molecule has 0 N–H and O–H groups in total. The largest absolute Gasteiger partial charge is 3.00 e. The van der Waals surface area contributed by atoms with Gasteiger partial charge in [-0.2, -0.15) is 117 Å². The molecule has 0 spiro atoms. The van der Waals surface area contributed by atoms with E-state index in [0.29, 0.717) is 5.89 Å². The number of hydrogen-bond acceptors (Lipinski definition) is 7. The minimum absolute atomic E-state index is 0. The summed E-state index contributed by atoms with van der Waals surface area (Å²) in [6.07, 6.45) is 11.5. The molecule has 6 aromatic heterocycles. The van der Waals surface area contributed by atoms with Gasteiger partial charge in [0.2, 0.25) is 0 Å². The van der Waals surface area contributed by atoms with E-state index < -0.39 is 0 Å². The van der Waals surface area contributed by atoms with E-state index in [0.717, 1.165) is 107 Å². The number of para-hydroxylation sites is 4. The van der Waals surface area contributed by atoms with E-state index in [2.05, 4.69) is 368 Å². The van der Waals surface area contributed by atoms with Crippen LogP contribution in [0.15, 0.2) is 515 Å². The third kappa shape index (κ3) is 24.6. The monoisotopic (exact) mass is 2050 g/mol. The molecule has 0 aliphatic carbocycles. The Bertz CT molecular complexity index is 7560. The van der Waals surface area contributed by atoms with Crippen LogP contribution in [0.25, 0.3) is 179 Å². The zero-order valence-electron chi connectivity index (χ0n) is 80.5. The molecule has 0 fully saturated rings. The van der Waals surface area contributed by atoms with Crippen molar-refractivity contribution in [1.29, 1.82) is 0 Å². The van der Waals surface area contributed by atoms with Gasteiger partial charge in [-0.25, -0.2) is 0 Å². The minimum atomic E-state index is 0. The number of nitrogens with zero attached hydrogens (tertiary/aromatic N) is 11. The van der Waals surface area contributed by atoms with Gasteiger partial charge in [0.25, 0.3) is 0 Å². The van der Waals surface area contributed by atoms with Gasteiger partial charge in [-0.05, 0) is 145 Å². The van der Waals surface area contributed by atoms with Crippen LogP contribution < -0.4 is 0 Å². The molecule has 18 aromatic carbocycles. The molecule has 0 bridgehead atoms. The fraction of sp³-hybridized carbons (Fsp3) is 0.0382. The Labute approximate surface area is 873 Å². The average Bonchev–Trinajstić information content (AvgIpc) is 1.64. The van der Waals surface area contributed by atoms with E-state index in [4.69, 9.17) is 14.6 Å². The van der Waals surface area contributed by atoms with Crippen LogP contribution in [0.1, 0.15) is 22.8 Å². The smallest absolute Gasteiger partial charge is 0.481 e. The summed E-state index contributed by atoms with van der Waals surface area (Å²) in [5.74, 6) is 2.28. The van der Waals surface area contributed by atoms with Gasteiger partial charge in [0.05, 0.1) is 41.5 Å². The normalized spacial score (nSPS) is 10.5. The molecule has 0 atom stereocenters. The number of rotatable bonds is 18. The van der Waals surface area contributed by atoms with Gasteiger partial charge in [0.1, 0.15) is 11.7 Å². The van der Waals surface area contributed by atoms with Crippen molar-refractivity contribution in [3.8, 4) is 179 Å². The standard InChI is InChI=1S/2C23H19N2.C22H17N2.2C21H15N2.C21H14NO.2Rh/c2*1-17-23(18(2)25(24-17)22-11-7-4-8-12-22)21-15-13-20(14-16-21)19-9-5-3-6-10-19;1-24-21(16-23-22(24)20-10-6-3-7-11-20)19-14-12-18(13-15-19)17-8-4-2-5-9-17;2*1-3-7-17(8-4-1)18-11-13-19(14-12-18)20-15-22-23(16-20)21-9-5-2-6-10-21;1-3-7-16(8-4-1)17-11-13-18(14-12-17)20-15-22-21(23-20)19-9-5-2-6-10-19;;/h2*3-11,13-16H,1-2H3;2-10,12-16H,1H3;2*1-9,11-16H;1-9,11-15H;;/q6*-1;2*+3. The Morgan fingerprint density at radius 2 is 0.490 bits per heavy atom. The van der Waals surface area contributed by atoms with Crippen molar-refractivity contribution < 1.29 is 43.4 Å². The predicted octanol–water partition coefficient (Wildman–Crippen LogP) is 32.0. The van der Waals surface area contributed by atoms with Gasteiger partial charge in [0.15, 0.2) is 0 Å². The minimum Gasteiger partial charge on any atom is -0.481 e. The molecular formula is C131H99N11ORh2. The Hall–Kier alpha value is -17.5. The molecule has 0 amide bonds. The zero-order chi connectivity index (χ0) is 97.3. The first-order valence-corrected chi connectivity index (χ1v) is 47.5. The summed E-state index contributed by atoms with van der Waals surface area (Å²) < 4.78 is 15.6. The Morgan fingerprint density at radius 1 is 0.228 bits per heavy atom. The number of benzene rings is 18. The van der Waals surface area contributed by atoms with Gasteiger partial charge in [-0.3, -0.25) is 28.7 Å². The first-order chi connectivity index (χ1) is 70.5. The molecule has 24 aromatic rings. The summed E-state index contributed by atoms with van der Waals surface area (Å²) in [6, 6.07) is 180. The van der Waals surface area contributed by atoms with Crippen LogP contribution in [0.2, 0.25) is 0 Å². The Morgan fingerprint density at radius 3 is 0.793 bits per heavy atom. The molecule has 0 radical (unpaired) electrons. The summed E-state index contributed by atoms with van der Waals surface area (Å²) in [4.78, 5) is 8.92. The molecule has 0 aliphatic heterocycles. The second kappa shape index (κ2) is 48.6. The maximum atomic E-state index is 5.86. The van der Waals surface area contributed by atoms with Crippen molar-refractivity contribution in [2.75, 3.05) is 0 Å². The van der Waals surface area contributed by atoms with Crippen LogP contribution in [0.4, 0.5) is 0 Å². The zero-order valence-corrected chi connectivity index (χ0v) is 83.8. The maximum absolute atomic E-state index is 5.86. The van der Waals surface area contributed by atoms with Crippen molar-refractivity contribution in [2.24, 2.45) is 7.05 Å². The average molecular weight is 2050 g/mol. The predicted molar refractivity (Wildman–Crippen MR) is 582 cm³/mol. The van der Waals surface area contributed by atoms with E-state index in [1.807, 2.05) is 251 Å². The molecule has 145 heavy (non-hydrogen) atoms. The van der Waals surface area contributed by atoms with Crippen molar-refractivity contribution in [3.05, 3.63) is 570 Å². The summed E-state index contributed by atoms with van der Waals surface area (Å²) in [7, 11) is 2.05. The first-order valence-electron chi connectivity index (χ1n) is 47.5. The topological polar surface area (TPSA) is 115 Å². The quantitative estimate of drug-likeness (QED) is 0.0621. The van der Waals surface area contributed by atoms with E-state index in [9.17, 15) is 0 Å². The second-order valence-corrected chi connectivity index (χ2v) is 34.0. The molecule has 0 unspecified atom stereocenters. The number of aryl methyl sites for hydroxylation is 2. The van der Waals surface area contributed by atoms with Crippen LogP contribution in [0.5, 0.6) is 0 Å². The Balaban J connectivity index is 0.000000119. The van der Waals surface area contributed by atoms with Crippen molar-refractivity contribution in [3.63, 3.8) is 0 Å². The summed E-state index contributed by atoms with van der Waals surface area (Å²) >= 11 is 0. The molecule has 0 saturated carbocycles. The first kappa shape index (κ1) is 99.0. The summed E-state index contributed by atoms with van der Waals surface area (Å²) in [6.45, 7) is 8.35. The molecule has 6 heterocycles. The summed E-state index contributed by atoms with van der Waals surface area (Å²) in [5.41, 5.74) is 37.2. The van der Waals surface area contributed by atoms with E-state index in [1.165, 1.54) is 89.0 Å². The van der Waals surface area contributed by atoms with E-state index >= 15 is 0 Å². The van der Waals surface area contributed by atoms with Gasteiger partial charge in [-0.1, -0.05) is 333 Å². The number of hydrogen-bond donors (Lipinski definition) is 0. The number of aromatic nitrogens is 11. The Kier molecular flexibility index (Phi) is 33.2. The molecule has 0 aliphatic rings. The van der Waals surface area contributed by atoms with Gasteiger partial charge < -0.3 is 8.98 Å². The summed E-state index contributed by atoms with van der Waals surface area (Å²) in [5, 5.41) is 18.3. The van der Waals surface area contributed by atoms with E-state index in [1.54, 1.807) is 6.20 Å². The van der Waals surface area contributed by atoms with E-state index in [-0.39, 0.29) is 39.0 Å². The fourth-order valence-corrected chi connectivity index (χ4v) is 17.2. The van der Waals surface area contributed by atoms with Gasteiger partial charge in [0, 0.05) is 64.8 Å². The van der Waals surface area contributed by atoms with Crippen LogP contribution >= 0.6 is 0 Å². The number of oxazole rings is 1. The van der Waals surface area contributed by atoms with Crippen LogP contribution in [0, 0.1) is 64.1 Å². The van der Waals surface area contributed by atoms with Crippen LogP contribution in [0.3, 0.4) is 0 Å².